The van der Waals surface area contributed by atoms with Crippen molar-refractivity contribution in [3.63, 3.8) is 0 Å². The fourth-order valence-corrected chi connectivity index (χ4v) is 2.19. The molecule has 0 spiro atoms. The summed E-state index contributed by atoms with van der Waals surface area (Å²) in [4.78, 5) is 23.5. The first-order valence-electron chi connectivity index (χ1n) is 6.71. The molecular weight excluding hydrogens is 316 g/mol. The van der Waals surface area contributed by atoms with Gasteiger partial charge in [0.25, 0.3) is 5.91 Å². The molecule has 1 N–H and O–H groups in total. The van der Waals surface area contributed by atoms with Gasteiger partial charge in [0.1, 0.15) is 17.4 Å². The van der Waals surface area contributed by atoms with Crippen LogP contribution >= 0.6 is 11.6 Å². The summed E-state index contributed by atoms with van der Waals surface area (Å²) in [6, 6.07) is 8.83. The van der Waals surface area contributed by atoms with Crippen molar-refractivity contribution in [1.29, 1.82) is 5.26 Å². The fourth-order valence-electron chi connectivity index (χ4n) is 2.06. The zero-order chi connectivity index (χ0) is 17.0. The first kappa shape index (κ1) is 16.5. The van der Waals surface area contributed by atoms with Crippen LogP contribution in [0.2, 0.25) is 5.02 Å². The molecule has 23 heavy (non-hydrogen) atoms. The van der Waals surface area contributed by atoms with Gasteiger partial charge in [0.05, 0.1) is 5.56 Å². The number of nitrogens with zero attached hydrogens (tertiary/aromatic N) is 1. The number of aryl methyl sites for hydroxylation is 1. The SMILES string of the molecule is CC(=O)c1c(C)oc(NC(=O)/C=C/c2ccc(Cl)cc2)c1C#N. The van der Waals surface area contributed by atoms with E-state index < -0.39 is 5.91 Å². The standard InChI is InChI=1S/C17H13ClN2O3/c1-10(21)16-11(2)23-17(14(16)9-19)20-15(22)8-5-12-3-6-13(18)7-4-12/h3-8H,1-2H3,(H,20,22)/b8-5+. The third-order valence-corrected chi connectivity index (χ3v) is 3.33. The van der Waals surface area contributed by atoms with Crippen LogP contribution in [0.15, 0.2) is 34.8 Å². The van der Waals surface area contributed by atoms with E-state index in [0.717, 1.165) is 5.56 Å². The van der Waals surface area contributed by atoms with Crippen molar-refractivity contribution in [1.82, 2.24) is 0 Å². The number of ketones is 1. The van der Waals surface area contributed by atoms with Gasteiger partial charge in [-0.2, -0.15) is 5.26 Å². The van der Waals surface area contributed by atoms with Crippen LogP contribution in [0.1, 0.15) is 34.2 Å². The highest BCUT2D eigenvalue weighted by Gasteiger charge is 2.21. The van der Waals surface area contributed by atoms with Gasteiger partial charge >= 0.3 is 0 Å². The summed E-state index contributed by atoms with van der Waals surface area (Å²) in [6.45, 7) is 2.90. The molecule has 1 heterocycles. The van der Waals surface area contributed by atoms with E-state index in [4.69, 9.17) is 21.3 Å². The smallest absolute Gasteiger partial charge is 0.250 e. The average molecular weight is 329 g/mol. The highest BCUT2D eigenvalue weighted by atomic mass is 35.5. The molecule has 2 aromatic rings. The molecule has 0 fully saturated rings. The van der Waals surface area contributed by atoms with Crippen molar-refractivity contribution in [3.05, 3.63) is 57.8 Å². The molecule has 1 aromatic carbocycles. The summed E-state index contributed by atoms with van der Waals surface area (Å²) in [6.07, 6.45) is 2.90. The highest BCUT2D eigenvalue weighted by molar-refractivity contribution is 6.30. The van der Waals surface area contributed by atoms with Crippen LogP contribution in [0.4, 0.5) is 5.88 Å². The molecule has 5 nitrogen and oxygen atoms in total. The van der Waals surface area contributed by atoms with E-state index >= 15 is 0 Å². The molecule has 0 saturated heterocycles. The number of nitrogens with one attached hydrogen (secondary N) is 1. The van der Waals surface area contributed by atoms with Crippen LogP contribution in [0.5, 0.6) is 0 Å². The minimum atomic E-state index is -0.472. The Bertz CT molecular complexity index is 827. The van der Waals surface area contributed by atoms with Crippen molar-refractivity contribution in [3.8, 4) is 6.07 Å². The topological polar surface area (TPSA) is 83.1 Å². The first-order chi connectivity index (χ1) is 10.9. The molecule has 6 heteroatoms. The van der Waals surface area contributed by atoms with E-state index in [-0.39, 0.29) is 22.8 Å². The maximum absolute atomic E-state index is 11.9. The maximum Gasteiger partial charge on any atom is 0.250 e. The summed E-state index contributed by atoms with van der Waals surface area (Å²) >= 11 is 5.78. The zero-order valence-corrected chi connectivity index (χ0v) is 13.3. The van der Waals surface area contributed by atoms with Crippen LogP contribution < -0.4 is 5.32 Å². The van der Waals surface area contributed by atoms with Gasteiger partial charge in [-0.1, -0.05) is 23.7 Å². The summed E-state index contributed by atoms with van der Waals surface area (Å²) < 4.78 is 5.31. The molecule has 0 aliphatic rings. The molecule has 1 aromatic heterocycles. The molecule has 0 aliphatic heterocycles. The number of nitriles is 1. The number of hydrogen-bond donors (Lipinski definition) is 1. The number of furan rings is 1. The van der Waals surface area contributed by atoms with Gasteiger partial charge in [0.15, 0.2) is 5.78 Å². The summed E-state index contributed by atoms with van der Waals surface area (Å²) in [5.74, 6) is -0.493. The zero-order valence-electron chi connectivity index (χ0n) is 12.5. The number of anilines is 1. The Morgan fingerprint density at radius 2 is 1.96 bits per heavy atom. The first-order valence-corrected chi connectivity index (χ1v) is 7.09. The minimum absolute atomic E-state index is 0.0269. The van der Waals surface area contributed by atoms with Crippen LogP contribution in [-0.4, -0.2) is 11.7 Å². The average Bonchev–Trinajstić information content (AvgIpc) is 2.82. The molecule has 0 atom stereocenters. The van der Waals surface area contributed by atoms with Gasteiger partial charge in [-0.05, 0) is 37.6 Å². The molecule has 0 radical (unpaired) electrons. The van der Waals surface area contributed by atoms with Crippen LogP contribution in [0, 0.1) is 18.3 Å². The van der Waals surface area contributed by atoms with Crippen molar-refractivity contribution in [2.75, 3.05) is 5.32 Å². The molecule has 0 unspecified atom stereocenters. The molecule has 0 bridgehead atoms. The number of benzene rings is 1. The number of hydrogen-bond acceptors (Lipinski definition) is 4. The Morgan fingerprint density at radius 3 is 2.52 bits per heavy atom. The maximum atomic E-state index is 11.9. The normalized spacial score (nSPS) is 10.5. The Balaban J connectivity index is 2.18. The van der Waals surface area contributed by atoms with E-state index in [1.807, 2.05) is 6.07 Å². The number of amides is 1. The van der Waals surface area contributed by atoms with Gasteiger partial charge in [0.2, 0.25) is 5.88 Å². The quantitative estimate of drug-likeness (QED) is 0.680. The van der Waals surface area contributed by atoms with Gasteiger partial charge in [-0.15, -0.1) is 0 Å². The number of halogens is 1. The van der Waals surface area contributed by atoms with E-state index in [1.54, 1.807) is 37.3 Å². The lowest BCUT2D eigenvalue weighted by Crippen LogP contribution is -2.08. The number of carbonyl (C=O) groups excluding carboxylic acids is 2. The third-order valence-electron chi connectivity index (χ3n) is 3.08. The molecular formula is C17H13ClN2O3. The van der Waals surface area contributed by atoms with Crippen LogP contribution in [0.25, 0.3) is 6.08 Å². The lowest BCUT2D eigenvalue weighted by molar-refractivity contribution is -0.111. The fraction of sp³-hybridized carbons (Fsp3) is 0.118. The molecule has 2 rings (SSSR count). The van der Waals surface area contributed by atoms with Crippen molar-refractivity contribution in [2.45, 2.75) is 13.8 Å². The van der Waals surface area contributed by atoms with Crippen molar-refractivity contribution < 1.29 is 14.0 Å². The predicted octanol–water partition coefficient (Wildman–Crippen LogP) is 3.97. The number of rotatable bonds is 4. The second kappa shape index (κ2) is 6.95. The Labute approximate surface area is 138 Å². The summed E-state index contributed by atoms with van der Waals surface area (Å²) in [7, 11) is 0. The van der Waals surface area contributed by atoms with E-state index in [1.165, 1.54) is 13.0 Å². The predicted molar refractivity (Wildman–Crippen MR) is 87.3 cm³/mol. The largest absolute Gasteiger partial charge is 0.443 e. The molecule has 0 saturated carbocycles. The van der Waals surface area contributed by atoms with Crippen LogP contribution in [-0.2, 0) is 4.79 Å². The third kappa shape index (κ3) is 3.87. The number of Topliss-reactive ketones (excluding diaryl/α,β-unsaturated/α-hetero) is 1. The van der Waals surface area contributed by atoms with Crippen molar-refractivity contribution in [2.24, 2.45) is 0 Å². The molecule has 116 valence electrons. The monoisotopic (exact) mass is 328 g/mol. The van der Waals surface area contributed by atoms with E-state index in [9.17, 15) is 9.59 Å². The Morgan fingerprint density at radius 1 is 1.30 bits per heavy atom. The minimum Gasteiger partial charge on any atom is -0.443 e. The molecule has 0 aliphatic carbocycles. The Kier molecular flexibility index (Phi) is 4.99. The number of carbonyl (C=O) groups is 2. The summed E-state index contributed by atoms with van der Waals surface area (Å²) in [5, 5.41) is 12.2. The van der Waals surface area contributed by atoms with Gasteiger partial charge < -0.3 is 4.42 Å². The van der Waals surface area contributed by atoms with E-state index in [2.05, 4.69) is 5.32 Å². The second-order valence-electron chi connectivity index (χ2n) is 4.78. The van der Waals surface area contributed by atoms with E-state index in [0.29, 0.717) is 10.8 Å². The molecule has 1 amide bonds. The van der Waals surface area contributed by atoms with Crippen LogP contribution in [0.3, 0.4) is 0 Å². The van der Waals surface area contributed by atoms with Gasteiger partial charge in [-0.25, -0.2) is 0 Å². The van der Waals surface area contributed by atoms with Gasteiger partial charge in [-0.3, -0.25) is 14.9 Å². The van der Waals surface area contributed by atoms with Gasteiger partial charge in [0, 0.05) is 11.1 Å². The Hall–Kier alpha value is -2.84. The highest BCUT2D eigenvalue weighted by Crippen LogP contribution is 2.26. The lowest BCUT2D eigenvalue weighted by Gasteiger charge is -1.98. The summed E-state index contributed by atoms with van der Waals surface area (Å²) in [5.41, 5.74) is 1.01. The van der Waals surface area contributed by atoms with Crippen molar-refractivity contribution >= 4 is 35.3 Å². The second-order valence-corrected chi connectivity index (χ2v) is 5.22. The lowest BCUT2D eigenvalue weighted by atomic mass is 10.1.